The van der Waals surface area contributed by atoms with E-state index in [2.05, 4.69) is 74.5 Å². The Morgan fingerprint density at radius 3 is 1.91 bits per heavy atom. The average Bonchev–Trinajstić information content (AvgIpc) is 2.97. The van der Waals surface area contributed by atoms with E-state index in [4.69, 9.17) is 0 Å². The molecule has 0 bridgehead atoms. The molecule has 1 fully saturated rings. The van der Waals surface area contributed by atoms with Crippen molar-refractivity contribution in [1.29, 1.82) is 0 Å². The third-order valence-electron chi connectivity index (χ3n) is 4.79. The van der Waals surface area contributed by atoms with E-state index >= 15 is 0 Å². The zero-order valence-electron chi connectivity index (χ0n) is 13.8. The van der Waals surface area contributed by atoms with Gasteiger partial charge in [-0.3, -0.25) is 0 Å². The van der Waals surface area contributed by atoms with E-state index in [-0.39, 0.29) is 7.92 Å². The van der Waals surface area contributed by atoms with Gasteiger partial charge in [-0.15, -0.1) is 0 Å². The Morgan fingerprint density at radius 1 is 0.864 bits per heavy atom. The molecule has 0 heterocycles. The zero-order chi connectivity index (χ0) is 15.4. The van der Waals surface area contributed by atoms with Crippen LogP contribution in [0.4, 0.5) is 0 Å². The van der Waals surface area contributed by atoms with Crippen LogP contribution in [-0.2, 0) is 0 Å². The van der Waals surface area contributed by atoms with E-state index in [1.54, 1.807) is 10.6 Å². The highest BCUT2D eigenvalue weighted by atomic mass is 31.1. The summed E-state index contributed by atoms with van der Waals surface area (Å²) in [6.45, 7) is 4.76. The first kappa shape index (κ1) is 15.8. The summed E-state index contributed by atoms with van der Waals surface area (Å²) in [5, 5.41) is 3.12. The van der Waals surface area contributed by atoms with Crippen LogP contribution in [0.5, 0.6) is 0 Å². The molecule has 0 saturated heterocycles. The van der Waals surface area contributed by atoms with Crippen LogP contribution in [0.2, 0.25) is 0 Å². The quantitative estimate of drug-likeness (QED) is 0.654. The lowest BCUT2D eigenvalue weighted by molar-refractivity contribution is 0.424. The van der Waals surface area contributed by atoms with Crippen molar-refractivity contribution in [2.24, 2.45) is 11.8 Å². The van der Waals surface area contributed by atoms with Crippen molar-refractivity contribution in [1.82, 2.24) is 0 Å². The summed E-state index contributed by atoms with van der Waals surface area (Å²) in [6.07, 6.45) is 5.65. The van der Waals surface area contributed by atoms with Crippen molar-refractivity contribution in [3.8, 4) is 0 Å². The van der Waals surface area contributed by atoms with Crippen LogP contribution in [0.3, 0.4) is 0 Å². The van der Waals surface area contributed by atoms with E-state index in [9.17, 15) is 0 Å². The van der Waals surface area contributed by atoms with Crippen LogP contribution in [0.1, 0.15) is 39.5 Å². The van der Waals surface area contributed by atoms with Gasteiger partial charge in [0.15, 0.2) is 0 Å². The maximum absolute atomic E-state index is 2.38. The van der Waals surface area contributed by atoms with Crippen LogP contribution in [0, 0.1) is 11.8 Å². The Labute approximate surface area is 136 Å². The molecule has 1 saturated carbocycles. The van der Waals surface area contributed by atoms with Gasteiger partial charge >= 0.3 is 0 Å². The summed E-state index contributed by atoms with van der Waals surface area (Å²) >= 11 is 0. The fraction of sp³-hybridized carbons (Fsp3) is 0.429. The second-order valence-corrected chi connectivity index (χ2v) is 9.37. The topological polar surface area (TPSA) is 0 Å². The number of hydrogen-bond acceptors (Lipinski definition) is 0. The molecule has 1 aliphatic carbocycles. The largest absolute Gasteiger partial charge is 0.0628 e. The van der Waals surface area contributed by atoms with Crippen molar-refractivity contribution in [3.05, 3.63) is 60.7 Å². The van der Waals surface area contributed by atoms with Gasteiger partial charge < -0.3 is 0 Å². The first-order valence-corrected chi connectivity index (χ1v) is 10.1. The highest BCUT2D eigenvalue weighted by molar-refractivity contribution is 7.73. The summed E-state index contributed by atoms with van der Waals surface area (Å²) in [7, 11) is -0.222. The molecule has 0 spiro atoms. The van der Waals surface area contributed by atoms with Gasteiger partial charge in [0.2, 0.25) is 0 Å². The minimum Gasteiger partial charge on any atom is -0.0628 e. The molecule has 0 nitrogen and oxygen atoms in total. The molecule has 0 N–H and O–H groups in total. The molecule has 116 valence electrons. The van der Waals surface area contributed by atoms with Gasteiger partial charge in [-0.1, -0.05) is 80.9 Å². The predicted molar refractivity (Wildman–Crippen MR) is 99.7 cm³/mol. The van der Waals surface area contributed by atoms with Crippen molar-refractivity contribution >= 4 is 18.5 Å². The zero-order valence-corrected chi connectivity index (χ0v) is 14.7. The standard InChI is InChI=1S/C21H27P/c1-17(2)16-18-10-9-15-21(18)22(19-11-5-3-6-12-19)20-13-7-4-8-14-20/h3-8,11-14,17-18,21H,9-10,15-16H2,1-2H3/t18-,21-/m1/s1. The van der Waals surface area contributed by atoms with E-state index in [0.717, 1.165) is 17.5 Å². The van der Waals surface area contributed by atoms with Gasteiger partial charge in [0, 0.05) is 0 Å². The first-order valence-electron chi connectivity index (χ1n) is 8.65. The molecule has 2 atom stereocenters. The lowest BCUT2D eigenvalue weighted by atomic mass is 9.96. The monoisotopic (exact) mass is 310 g/mol. The summed E-state index contributed by atoms with van der Waals surface area (Å²) in [5.74, 6) is 1.72. The van der Waals surface area contributed by atoms with Gasteiger partial charge in [-0.25, -0.2) is 0 Å². The van der Waals surface area contributed by atoms with E-state index < -0.39 is 0 Å². The first-order chi connectivity index (χ1) is 10.8. The summed E-state index contributed by atoms with van der Waals surface area (Å²) in [4.78, 5) is 0. The van der Waals surface area contributed by atoms with Gasteiger partial charge in [0.05, 0.1) is 0 Å². The van der Waals surface area contributed by atoms with Gasteiger partial charge in [0.1, 0.15) is 0 Å². The van der Waals surface area contributed by atoms with Crippen LogP contribution in [0.25, 0.3) is 0 Å². The van der Waals surface area contributed by atoms with E-state index in [0.29, 0.717) is 0 Å². The van der Waals surface area contributed by atoms with E-state index in [1.165, 1.54) is 25.7 Å². The van der Waals surface area contributed by atoms with Crippen molar-refractivity contribution < 1.29 is 0 Å². The summed E-state index contributed by atoms with van der Waals surface area (Å²) < 4.78 is 0. The third kappa shape index (κ3) is 3.61. The highest BCUT2D eigenvalue weighted by Gasteiger charge is 2.35. The lowest BCUT2D eigenvalue weighted by Crippen LogP contribution is -2.25. The molecule has 0 amide bonds. The normalized spacial score (nSPS) is 21.6. The smallest absolute Gasteiger partial charge is 0.0100 e. The fourth-order valence-corrected chi connectivity index (χ4v) is 7.13. The maximum Gasteiger partial charge on any atom is -0.0100 e. The molecular formula is C21H27P. The average molecular weight is 310 g/mol. The minimum atomic E-state index is -0.222. The Balaban J connectivity index is 1.95. The highest BCUT2D eigenvalue weighted by Crippen LogP contribution is 2.51. The second-order valence-electron chi connectivity index (χ2n) is 6.93. The van der Waals surface area contributed by atoms with Crippen LogP contribution < -0.4 is 10.6 Å². The summed E-state index contributed by atoms with van der Waals surface area (Å²) in [6, 6.07) is 22.5. The molecule has 0 unspecified atom stereocenters. The Kier molecular flexibility index (Phi) is 5.32. The lowest BCUT2D eigenvalue weighted by Gasteiger charge is -2.31. The van der Waals surface area contributed by atoms with Crippen molar-refractivity contribution in [2.45, 2.75) is 45.2 Å². The molecule has 1 heteroatoms. The maximum atomic E-state index is 2.38. The Bertz CT molecular complexity index is 521. The molecule has 22 heavy (non-hydrogen) atoms. The number of benzene rings is 2. The number of hydrogen-bond donors (Lipinski definition) is 0. The Morgan fingerprint density at radius 2 is 1.41 bits per heavy atom. The molecule has 1 aliphatic rings. The molecule has 0 aliphatic heterocycles. The predicted octanol–water partition coefficient (Wildman–Crippen LogP) is 5.33. The number of rotatable bonds is 5. The molecule has 0 radical (unpaired) electrons. The molecule has 3 rings (SSSR count). The van der Waals surface area contributed by atoms with Crippen LogP contribution in [-0.4, -0.2) is 5.66 Å². The van der Waals surface area contributed by atoms with Gasteiger partial charge in [-0.05, 0) is 55.3 Å². The molecule has 2 aromatic carbocycles. The van der Waals surface area contributed by atoms with Gasteiger partial charge in [0.25, 0.3) is 0 Å². The molecular weight excluding hydrogens is 283 g/mol. The fourth-order valence-electron chi connectivity index (χ4n) is 3.95. The summed E-state index contributed by atoms with van der Waals surface area (Å²) in [5.41, 5.74) is 0.863. The SMILES string of the molecule is CC(C)C[C@H]1CCC[C@H]1P(c1ccccc1)c1ccccc1. The van der Waals surface area contributed by atoms with Crippen molar-refractivity contribution in [3.63, 3.8) is 0 Å². The van der Waals surface area contributed by atoms with Crippen molar-refractivity contribution in [2.75, 3.05) is 0 Å². The molecule has 2 aromatic rings. The second kappa shape index (κ2) is 7.42. The van der Waals surface area contributed by atoms with Crippen LogP contribution in [0.15, 0.2) is 60.7 Å². The van der Waals surface area contributed by atoms with Gasteiger partial charge in [-0.2, -0.15) is 0 Å². The van der Waals surface area contributed by atoms with E-state index in [1.807, 2.05) is 0 Å². The molecule has 0 aromatic heterocycles. The Hall–Kier alpha value is -1.13. The minimum absolute atomic E-state index is 0.222. The van der Waals surface area contributed by atoms with Crippen LogP contribution >= 0.6 is 7.92 Å². The third-order valence-corrected chi connectivity index (χ3v) is 7.85.